The van der Waals surface area contributed by atoms with Gasteiger partial charge in [0.1, 0.15) is 11.2 Å². The number of nitrogens with zero attached hydrogens (tertiary/aromatic N) is 8. The summed E-state index contributed by atoms with van der Waals surface area (Å²) in [5, 5.41) is 6.25. The minimum absolute atomic E-state index is 0.351. The van der Waals surface area contributed by atoms with Crippen LogP contribution < -0.4 is 0 Å². The van der Waals surface area contributed by atoms with E-state index in [1.54, 1.807) is 0 Å². The molecule has 2 fully saturated rings. The van der Waals surface area contributed by atoms with Crippen LogP contribution in [-0.2, 0) is 6.54 Å². The number of fused-ring (bicyclic) bond motifs is 1. The molecule has 0 aliphatic carbocycles. The van der Waals surface area contributed by atoms with E-state index in [2.05, 4.69) is 35.5 Å². The molecule has 4 aromatic heterocycles. The Labute approximate surface area is 209 Å². The molecular weight excluding hydrogens is 456 g/mol. The fourth-order valence-electron chi connectivity index (χ4n) is 5.53. The summed E-state index contributed by atoms with van der Waals surface area (Å²) < 4.78 is 6.31. The lowest BCUT2D eigenvalue weighted by atomic mass is 9.91. The Kier molecular flexibility index (Phi) is 6.26. The molecule has 6 rings (SSSR count). The molecule has 0 unspecified atom stereocenters. The summed E-state index contributed by atoms with van der Waals surface area (Å²) in [4.78, 5) is 19.2. The van der Waals surface area contributed by atoms with Crippen molar-refractivity contribution < 1.29 is 0 Å². The van der Waals surface area contributed by atoms with E-state index in [0.717, 1.165) is 86.8 Å². The summed E-state index contributed by atoms with van der Waals surface area (Å²) in [6.07, 6.45) is 8.12. The minimum Gasteiger partial charge on any atom is -0.375 e. The number of hydrogen-bond acceptors (Lipinski definition) is 8. The lowest BCUT2D eigenvalue weighted by Gasteiger charge is -2.40. The Hall–Kier alpha value is -3.17. The van der Waals surface area contributed by atoms with Gasteiger partial charge in [-0.05, 0) is 74.6 Å². The Morgan fingerprint density at radius 3 is 2.54 bits per heavy atom. The van der Waals surface area contributed by atoms with Crippen LogP contribution in [-0.4, -0.2) is 65.1 Å². The van der Waals surface area contributed by atoms with E-state index in [1.807, 2.05) is 48.1 Å². The Morgan fingerprint density at radius 2 is 1.80 bits per heavy atom. The van der Waals surface area contributed by atoms with Gasteiger partial charge in [0.05, 0.1) is 5.69 Å². The molecule has 2 aliphatic rings. The van der Waals surface area contributed by atoms with Crippen LogP contribution >= 0.6 is 11.5 Å². The van der Waals surface area contributed by atoms with Gasteiger partial charge in [-0.15, -0.1) is 5.10 Å². The molecule has 0 amide bonds. The second-order valence-corrected chi connectivity index (χ2v) is 10.1. The van der Waals surface area contributed by atoms with E-state index >= 15 is 0 Å². The van der Waals surface area contributed by atoms with Crippen LogP contribution in [0.4, 0.5) is 0 Å². The van der Waals surface area contributed by atoms with Gasteiger partial charge in [0.25, 0.3) is 0 Å². The average molecular weight is 487 g/mol. The van der Waals surface area contributed by atoms with E-state index in [4.69, 9.17) is 9.97 Å². The number of hydrogen-bond donors (Lipinski definition) is 0. The maximum absolute atomic E-state index is 4.91. The van der Waals surface area contributed by atoms with Crippen LogP contribution in [0, 0.1) is 5.92 Å². The van der Waals surface area contributed by atoms with Crippen molar-refractivity contribution in [1.82, 2.24) is 38.9 Å². The third-order valence-corrected chi connectivity index (χ3v) is 7.98. The van der Waals surface area contributed by atoms with Gasteiger partial charge in [-0.2, -0.15) is 0 Å². The molecule has 0 atom stereocenters. The van der Waals surface area contributed by atoms with Crippen molar-refractivity contribution in [2.45, 2.75) is 38.3 Å². The van der Waals surface area contributed by atoms with Crippen LogP contribution in [0.5, 0.6) is 0 Å². The second kappa shape index (κ2) is 9.83. The molecule has 9 heteroatoms. The van der Waals surface area contributed by atoms with Crippen molar-refractivity contribution in [3.05, 3.63) is 66.1 Å². The van der Waals surface area contributed by atoms with E-state index < -0.39 is 0 Å². The molecule has 8 nitrogen and oxygen atoms in total. The Balaban J connectivity index is 1.12. The summed E-state index contributed by atoms with van der Waals surface area (Å²) >= 11 is 1.43. The first-order chi connectivity index (χ1) is 17.3. The molecule has 0 aromatic carbocycles. The van der Waals surface area contributed by atoms with E-state index in [-0.39, 0.29) is 0 Å². The van der Waals surface area contributed by atoms with Crippen molar-refractivity contribution >= 4 is 22.7 Å². The zero-order chi connectivity index (χ0) is 23.6. The summed E-state index contributed by atoms with van der Waals surface area (Å²) in [5.41, 5.74) is 5.18. The number of piperidine rings is 2. The van der Waals surface area contributed by atoms with Gasteiger partial charge >= 0.3 is 0 Å². The zero-order valence-corrected chi connectivity index (χ0v) is 20.6. The van der Waals surface area contributed by atoms with Gasteiger partial charge in [-0.3, -0.25) is 9.88 Å². The molecule has 2 aliphatic heterocycles. The normalized spacial score (nSPS) is 18.3. The van der Waals surface area contributed by atoms with Crippen LogP contribution in [0.25, 0.3) is 22.7 Å². The van der Waals surface area contributed by atoms with E-state index in [0.29, 0.717) is 12.0 Å². The van der Waals surface area contributed by atoms with Crippen molar-refractivity contribution in [3.8, 4) is 11.5 Å². The highest BCUT2D eigenvalue weighted by Gasteiger charge is 2.30. The van der Waals surface area contributed by atoms with Crippen LogP contribution in [0.15, 0.2) is 60.4 Å². The highest BCUT2D eigenvalue weighted by molar-refractivity contribution is 7.03. The lowest BCUT2D eigenvalue weighted by molar-refractivity contribution is 0.154. The molecule has 35 heavy (non-hydrogen) atoms. The second-order valence-electron chi connectivity index (χ2n) is 9.52. The molecule has 6 heterocycles. The van der Waals surface area contributed by atoms with Gasteiger partial charge in [0.2, 0.25) is 0 Å². The molecule has 0 spiro atoms. The number of likely N-dealkylation sites (tertiary alicyclic amines) is 2. The van der Waals surface area contributed by atoms with E-state index in [1.165, 1.54) is 17.2 Å². The first kappa shape index (κ1) is 22.3. The highest BCUT2D eigenvalue weighted by atomic mass is 32.1. The fraction of sp³-hybridized carbons (Fsp3) is 0.423. The molecule has 180 valence electrons. The number of imidazole rings is 1. The van der Waals surface area contributed by atoms with Crippen LogP contribution in [0.1, 0.15) is 37.4 Å². The number of aromatic nitrogens is 6. The van der Waals surface area contributed by atoms with Gasteiger partial charge in [0, 0.05) is 55.1 Å². The first-order valence-corrected chi connectivity index (χ1v) is 13.3. The zero-order valence-electron chi connectivity index (χ0n) is 19.8. The van der Waals surface area contributed by atoms with Gasteiger partial charge in [0.15, 0.2) is 11.5 Å². The van der Waals surface area contributed by atoms with Crippen molar-refractivity contribution in [3.63, 3.8) is 0 Å². The van der Waals surface area contributed by atoms with Crippen molar-refractivity contribution in [2.75, 3.05) is 26.2 Å². The third-order valence-electron chi connectivity index (χ3n) is 7.43. The summed E-state index contributed by atoms with van der Waals surface area (Å²) in [6.45, 7) is 9.68. The molecule has 0 saturated carbocycles. The standard InChI is InChI=1S/C26H30N8S/c1-19(20-7-13-32(14-8-20)17-21-18-35-31-30-21)33-15-9-22(10-16-33)34-25-24(6-4-12-28-25)29-26(34)23-5-2-3-11-27-23/h2-6,11-12,18,20,22H,1,7-10,13-17H2. The number of pyridine rings is 2. The SMILES string of the molecule is C=C(C1CCN(Cc2csnn2)CC1)N1CCC(n2c(-c3ccccn3)nc3cccnc32)CC1. The highest BCUT2D eigenvalue weighted by Crippen LogP contribution is 2.35. The molecule has 2 saturated heterocycles. The number of allylic oxidation sites excluding steroid dienone is 1. The lowest BCUT2D eigenvalue weighted by Crippen LogP contribution is -2.40. The topological polar surface area (TPSA) is 75.9 Å². The smallest absolute Gasteiger partial charge is 0.161 e. The summed E-state index contributed by atoms with van der Waals surface area (Å²) in [5.74, 6) is 1.48. The Morgan fingerprint density at radius 1 is 0.971 bits per heavy atom. The predicted molar refractivity (Wildman–Crippen MR) is 138 cm³/mol. The number of rotatable bonds is 6. The van der Waals surface area contributed by atoms with Crippen molar-refractivity contribution in [2.24, 2.45) is 5.92 Å². The quantitative estimate of drug-likeness (QED) is 0.400. The van der Waals surface area contributed by atoms with Crippen LogP contribution in [0.2, 0.25) is 0 Å². The third kappa shape index (κ3) is 4.58. The summed E-state index contributed by atoms with van der Waals surface area (Å²) in [6, 6.07) is 10.3. The minimum atomic E-state index is 0.351. The van der Waals surface area contributed by atoms with Gasteiger partial charge in [-0.1, -0.05) is 17.1 Å². The van der Waals surface area contributed by atoms with E-state index in [9.17, 15) is 0 Å². The van der Waals surface area contributed by atoms with Gasteiger partial charge < -0.3 is 9.47 Å². The molecular formula is C26H30N8S. The van der Waals surface area contributed by atoms with Gasteiger partial charge in [-0.25, -0.2) is 9.97 Å². The maximum atomic E-state index is 4.91. The molecule has 0 N–H and O–H groups in total. The van der Waals surface area contributed by atoms with Crippen molar-refractivity contribution in [1.29, 1.82) is 0 Å². The largest absolute Gasteiger partial charge is 0.375 e. The first-order valence-electron chi connectivity index (χ1n) is 12.4. The van der Waals surface area contributed by atoms with Crippen LogP contribution in [0.3, 0.4) is 0 Å². The molecule has 0 bridgehead atoms. The maximum Gasteiger partial charge on any atom is 0.161 e. The monoisotopic (exact) mass is 486 g/mol. The molecule has 4 aromatic rings. The fourth-order valence-corrected chi connectivity index (χ4v) is 5.97. The predicted octanol–water partition coefficient (Wildman–Crippen LogP) is 4.41. The average Bonchev–Trinajstić information content (AvgIpc) is 3.57. The molecule has 0 radical (unpaired) electrons. The Bertz CT molecular complexity index is 1270. The summed E-state index contributed by atoms with van der Waals surface area (Å²) in [7, 11) is 0.